The maximum atomic E-state index is 11.6. The summed E-state index contributed by atoms with van der Waals surface area (Å²) in [5.74, 6) is -0.341. The Bertz CT molecular complexity index is 880. The minimum absolute atomic E-state index is 0.0462. The number of hydrogen-bond donors (Lipinski definition) is 0. The monoisotopic (exact) mass is 409 g/mol. The van der Waals surface area contributed by atoms with Gasteiger partial charge in [0.05, 0.1) is 10.3 Å². The van der Waals surface area contributed by atoms with E-state index in [9.17, 15) is 4.79 Å². The van der Waals surface area contributed by atoms with Crippen LogP contribution in [0.5, 0.6) is 0 Å². The van der Waals surface area contributed by atoms with E-state index in [1.807, 2.05) is 24.3 Å². The Hall–Kier alpha value is -1.33. The van der Waals surface area contributed by atoms with Crippen molar-refractivity contribution in [1.82, 2.24) is 4.57 Å². The van der Waals surface area contributed by atoms with Gasteiger partial charge in [0.25, 0.3) is 0 Å². The largest absolute Gasteiger partial charge is 0.419 e. The molecule has 108 valence electrons. The highest BCUT2D eigenvalue weighted by atomic mass is 79.9. The third kappa shape index (κ3) is 2.60. The number of benzene rings is 2. The van der Waals surface area contributed by atoms with Crippen LogP contribution in [0.4, 0.5) is 0 Å². The molecule has 0 saturated carbocycles. The smallest absolute Gasteiger partial charge is 0.408 e. The number of nitrogens with zero attached hydrogens (tertiary/aromatic N) is 1. The molecular formula is C16H13Br2NO2. The Morgan fingerprint density at radius 1 is 1.19 bits per heavy atom. The molecule has 0 aliphatic carbocycles. The van der Waals surface area contributed by atoms with E-state index in [2.05, 4.69) is 50.9 Å². The van der Waals surface area contributed by atoms with Crippen LogP contribution in [-0.2, 0) is 7.05 Å². The second-order valence-corrected chi connectivity index (χ2v) is 6.85. The van der Waals surface area contributed by atoms with Gasteiger partial charge >= 0.3 is 5.76 Å². The maximum Gasteiger partial charge on any atom is 0.419 e. The van der Waals surface area contributed by atoms with Gasteiger partial charge in [-0.3, -0.25) is 4.57 Å². The van der Waals surface area contributed by atoms with Gasteiger partial charge in [-0.15, -0.1) is 0 Å². The summed E-state index contributed by atoms with van der Waals surface area (Å²) in [6, 6.07) is 12.0. The highest BCUT2D eigenvalue weighted by molar-refractivity contribution is 9.10. The lowest BCUT2D eigenvalue weighted by Gasteiger charge is -2.14. The number of aryl methyl sites for hydroxylation is 2. The molecule has 1 aromatic heterocycles. The summed E-state index contributed by atoms with van der Waals surface area (Å²) in [7, 11) is 1.71. The predicted molar refractivity (Wildman–Crippen MR) is 91.1 cm³/mol. The molecule has 1 heterocycles. The van der Waals surface area contributed by atoms with E-state index in [4.69, 9.17) is 4.42 Å². The first-order valence-corrected chi connectivity index (χ1v) is 8.18. The topological polar surface area (TPSA) is 35.1 Å². The lowest BCUT2D eigenvalue weighted by molar-refractivity contribution is 0.528. The van der Waals surface area contributed by atoms with Gasteiger partial charge in [0.15, 0.2) is 5.58 Å². The van der Waals surface area contributed by atoms with E-state index in [0.29, 0.717) is 5.58 Å². The molecule has 0 aliphatic rings. The molecule has 0 saturated heterocycles. The molecule has 0 fully saturated rings. The molecule has 1 unspecified atom stereocenters. The van der Waals surface area contributed by atoms with Crippen molar-refractivity contribution in [1.29, 1.82) is 0 Å². The molecular weight excluding hydrogens is 398 g/mol. The van der Waals surface area contributed by atoms with Crippen molar-refractivity contribution in [2.75, 3.05) is 0 Å². The zero-order valence-electron chi connectivity index (χ0n) is 11.6. The van der Waals surface area contributed by atoms with Gasteiger partial charge in [0.1, 0.15) is 0 Å². The molecule has 21 heavy (non-hydrogen) atoms. The molecule has 0 bridgehead atoms. The lowest BCUT2D eigenvalue weighted by atomic mass is 10.0. The fraction of sp³-hybridized carbons (Fsp3) is 0.188. The highest BCUT2D eigenvalue weighted by Gasteiger charge is 2.15. The Morgan fingerprint density at radius 3 is 2.71 bits per heavy atom. The average Bonchev–Trinajstić information content (AvgIpc) is 2.75. The summed E-state index contributed by atoms with van der Waals surface area (Å²) in [6.45, 7) is 2.08. The first kappa shape index (κ1) is 14.6. The van der Waals surface area contributed by atoms with E-state index in [-0.39, 0.29) is 10.6 Å². The van der Waals surface area contributed by atoms with Gasteiger partial charge in [-0.25, -0.2) is 4.79 Å². The van der Waals surface area contributed by atoms with Crippen LogP contribution in [-0.4, -0.2) is 4.57 Å². The number of hydrogen-bond acceptors (Lipinski definition) is 2. The van der Waals surface area contributed by atoms with E-state index in [0.717, 1.165) is 15.6 Å². The minimum atomic E-state index is -0.341. The minimum Gasteiger partial charge on any atom is -0.408 e. The quantitative estimate of drug-likeness (QED) is 0.574. The second kappa shape index (κ2) is 5.46. The maximum absolute atomic E-state index is 11.6. The molecule has 0 N–H and O–H groups in total. The molecule has 0 amide bonds. The Labute approximate surface area is 138 Å². The van der Waals surface area contributed by atoms with Crippen LogP contribution in [0.2, 0.25) is 0 Å². The molecule has 0 radical (unpaired) electrons. The SMILES string of the molecule is Cc1ccc(Br)cc1C(Br)c1ccc2c(c1)oc(=O)n2C. The average molecular weight is 411 g/mol. The fourth-order valence-electron chi connectivity index (χ4n) is 2.37. The number of aromatic nitrogens is 1. The Balaban J connectivity index is 2.11. The molecule has 3 nitrogen and oxygen atoms in total. The molecule has 5 heteroatoms. The van der Waals surface area contributed by atoms with Gasteiger partial charge < -0.3 is 4.42 Å². The zero-order chi connectivity index (χ0) is 15.1. The molecule has 2 aromatic carbocycles. The Kier molecular flexibility index (Phi) is 3.80. The van der Waals surface area contributed by atoms with Crippen molar-refractivity contribution < 1.29 is 4.42 Å². The van der Waals surface area contributed by atoms with Gasteiger partial charge in [0, 0.05) is 11.5 Å². The van der Waals surface area contributed by atoms with Crippen LogP contribution in [0.15, 0.2) is 50.1 Å². The summed E-state index contributed by atoms with van der Waals surface area (Å²) in [5, 5.41) is 0. The summed E-state index contributed by atoms with van der Waals surface area (Å²) in [4.78, 5) is 11.6. The van der Waals surface area contributed by atoms with Gasteiger partial charge in [-0.2, -0.15) is 0 Å². The van der Waals surface area contributed by atoms with Crippen LogP contribution in [0, 0.1) is 6.92 Å². The number of halogens is 2. The van der Waals surface area contributed by atoms with E-state index in [1.54, 1.807) is 7.05 Å². The van der Waals surface area contributed by atoms with E-state index in [1.165, 1.54) is 15.7 Å². The van der Waals surface area contributed by atoms with Crippen LogP contribution in [0.1, 0.15) is 21.5 Å². The predicted octanol–water partition coefficient (Wildman–Crippen LogP) is 4.69. The normalized spacial score (nSPS) is 12.8. The fourth-order valence-corrected chi connectivity index (χ4v) is 3.53. The van der Waals surface area contributed by atoms with E-state index < -0.39 is 0 Å². The van der Waals surface area contributed by atoms with Crippen molar-refractivity contribution >= 4 is 43.0 Å². The number of alkyl halides is 1. The lowest BCUT2D eigenvalue weighted by Crippen LogP contribution is -2.08. The standard InChI is InChI=1S/C16H13Br2NO2/c1-9-3-5-11(17)8-12(9)15(18)10-4-6-13-14(7-10)21-16(20)19(13)2/h3-8,15H,1-2H3. The molecule has 3 rings (SSSR count). The summed E-state index contributed by atoms with van der Waals surface area (Å²) in [5.41, 5.74) is 4.85. The van der Waals surface area contributed by atoms with Gasteiger partial charge in [-0.05, 0) is 47.9 Å². The van der Waals surface area contributed by atoms with Crippen LogP contribution in [0.25, 0.3) is 11.1 Å². The van der Waals surface area contributed by atoms with Crippen LogP contribution in [0.3, 0.4) is 0 Å². The molecule has 0 spiro atoms. The van der Waals surface area contributed by atoms with Crippen molar-refractivity contribution in [3.05, 3.63) is 68.1 Å². The molecule has 3 aromatic rings. The van der Waals surface area contributed by atoms with Gasteiger partial charge in [0.2, 0.25) is 0 Å². The van der Waals surface area contributed by atoms with Crippen molar-refractivity contribution in [2.45, 2.75) is 11.8 Å². The van der Waals surface area contributed by atoms with Gasteiger partial charge in [-0.1, -0.05) is 44.0 Å². The molecule has 0 aliphatic heterocycles. The van der Waals surface area contributed by atoms with Crippen LogP contribution >= 0.6 is 31.9 Å². The molecule has 1 atom stereocenters. The third-order valence-electron chi connectivity index (χ3n) is 3.62. The van der Waals surface area contributed by atoms with Crippen molar-refractivity contribution in [3.8, 4) is 0 Å². The first-order valence-electron chi connectivity index (χ1n) is 6.47. The third-order valence-corrected chi connectivity index (χ3v) is 5.14. The summed E-state index contributed by atoms with van der Waals surface area (Å²) >= 11 is 7.25. The summed E-state index contributed by atoms with van der Waals surface area (Å²) in [6.07, 6.45) is 0. The second-order valence-electron chi connectivity index (χ2n) is 5.02. The highest BCUT2D eigenvalue weighted by Crippen LogP contribution is 2.35. The zero-order valence-corrected chi connectivity index (χ0v) is 14.7. The Morgan fingerprint density at radius 2 is 1.95 bits per heavy atom. The summed E-state index contributed by atoms with van der Waals surface area (Å²) < 4.78 is 7.80. The van der Waals surface area contributed by atoms with Crippen molar-refractivity contribution in [2.24, 2.45) is 7.05 Å². The number of fused-ring (bicyclic) bond motifs is 1. The first-order chi connectivity index (χ1) is 9.97. The number of oxazole rings is 1. The van der Waals surface area contributed by atoms with Crippen molar-refractivity contribution in [3.63, 3.8) is 0 Å². The number of rotatable bonds is 2. The van der Waals surface area contributed by atoms with Crippen LogP contribution < -0.4 is 5.76 Å². The van der Waals surface area contributed by atoms with E-state index >= 15 is 0 Å².